The van der Waals surface area contributed by atoms with Crippen LogP contribution >= 0.6 is 11.5 Å². The highest BCUT2D eigenvalue weighted by molar-refractivity contribution is 7.03. The van der Waals surface area contributed by atoms with Gasteiger partial charge < -0.3 is 10.0 Å². The Balaban J connectivity index is 1.90. The van der Waals surface area contributed by atoms with Crippen LogP contribution in [0.2, 0.25) is 0 Å². The molecule has 2 heterocycles. The Bertz CT molecular complexity index is 490. The van der Waals surface area contributed by atoms with Gasteiger partial charge in [-0.05, 0) is 36.7 Å². The average Bonchev–Trinajstić information content (AvgIpc) is 3.05. The van der Waals surface area contributed by atoms with Gasteiger partial charge in [-0.25, -0.2) is 4.79 Å². The van der Waals surface area contributed by atoms with Crippen molar-refractivity contribution >= 4 is 23.4 Å². The first-order valence-corrected chi connectivity index (χ1v) is 7.34. The average molecular weight is 281 g/mol. The number of hydrogen-bond acceptors (Lipinski definition) is 5. The summed E-state index contributed by atoms with van der Waals surface area (Å²) in [5.74, 6) is -0.869. The molecule has 1 aliphatic carbocycles. The standard InChI is InChI=1S/C12H15N3O3S/c16-11(8-6-19-14-13-8)15-9-4-2-1-3-7(9)5-10(15)12(17)18/h6-7,9-10H,1-5H2,(H,17,18)/t7-,9+,10+/m1/s1. The maximum atomic E-state index is 12.4. The molecule has 3 rings (SSSR count). The van der Waals surface area contributed by atoms with E-state index in [9.17, 15) is 14.7 Å². The zero-order valence-corrected chi connectivity index (χ0v) is 11.2. The number of nitrogens with zero attached hydrogens (tertiary/aromatic N) is 3. The highest BCUT2D eigenvalue weighted by atomic mass is 32.1. The quantitative estimate of drug-likeness (QED) is 0.885. The van der Waals surface area contributed by atoms with E-state index in [4.69, 9.17) is 0 Å². The summed E-state index contributed by atoms with van der Waals surface area (Å²) in [6.07, 6.45) is 4.69. The third-order valence-corrected chi connectivity index (χ3v) is 4.69. The maximum Gasteiger partial charge on any atom is 0.326 e. The number of aromatic nitrogens is 2. The summed E-state index contributed by atoms with van der Waals surface area (Å²) in [4.78, 5) is 25.4. The van der Waals surface area contributed by atoms with Gasteiger partial charge in [0.25, 0.3) is 5.91 Å². The molecule has 102 valence electrons. The van der Waals surface area contributed by atoms with Crippen molar-refractivity contribution in [1.82, 2.24) is 14.5 Å². The molecule has 0 radical (unpaired) electrons. The number of fused-ring (bicyclic) bond motifs is 1. The number of carboxylic acids is 1. The minimum atomic E-state index is -0.911. The third kappa shape index (κ3) is 2.11. The lowest BCUT2D eigenvalue weighted by Crippen LogP contribution is -2.46. The van der Waals surface area contributed by atoms with E-state index >= 15 is 0 Å². The molecule has 3 atom stereocenters. The zero-order chi connectivity index (χ0) is 13.4. The first kappa shape index (κ1) is 12.5. The van der Waals surface area contributed by atoms with Crippen LogP contribution in [-0.2, 0) is 4.79 Å². The van der Waals surface area contributed by atoms with Crippen LogP contribution in [0.15, 0.2) is 5.38 Å². The summed E-state index contributed by atoms with van der Waals surface area (Å²) < 4.78 is 3.69. The van der Waals surface area contributed by atoms with E-state index in [1.807, 2.05) is 0 Å². The highest BCUT2D eigenvalue weighted by Crippen LogP contribution is 2.40. The molecule has 19 heavy (non-hydrogen) atoms. The Morgan fingerprint density at radius 1 is 1.37 bits per heavy atom. The number of carboxylic acid groups (broad SMARTS) is 1. The molecule has 0 unspecified atom stereocenters. The largest absolute Gasteiger partial charge is 0.480 e. The van der Waals surface area contributed by atoms with Gasteiger partial charge in [0.2, 0.25) is 0 Å². The minimum Gasteiger partial charge on any atom is -0.480 e. The van der Waals surface area contributed by atoms with Crippen LogP contribution in [0.25, 0.3) is 0 Å². The Morgan fingerprint density at radius 3 is 2.84 bits per heavy atom. The summed E-state index contributed by atoms with van der Waals surface area (Å²) in [6.45, 7) is 0. The van der Waals surface area contributed by atoms with Crippen LogP contribution in [-0.4, -0.2) is 43.6 Å². The molecule has 7 heteroatoms. The first-order chi connectivity index (χ1) is 9.18. The predicted molar refractivity (Wildman–Crippen MR) is 67.9 cm³/mol. The van der Waals surface area contributed by atoms with Gasteiger partial charge in [0.15, 0.2) is 5.69 Å². The number of aliphatic carboxylic acids is 1. The number of amides is 1. The third-order valence-electron chi connectivity index (χ3n) is 4.19. The first-order valence-electron chi connectivity index (χ1n) is 6.51. The monoisotopic (exact) mass is 281 g/mol. The number of carbonyl (C=O) groups excluding carboxylic acids is 1. The Hall–Kier alpha value is -1.50. The van der Waals surface area contributed by atoms with E-state index in [0.717, 1.165) is 37.2 Å². The van der Waals surface area contributed by atoms with Crippen LogP contribution in [0.4, 0.5) is 0 Å². The molecule has 6 nitrogen and oxygen atoms in total. The van der Waals surface area contributed by atoms with Crippen molar-refractivity contribution in [3.05, 3.63) is 11.1 Å². The summed E-state index contributed by atoms with van der Waals surface area (Å²) in [7, 11) is 0. The van der Waals surface area contributed by atoms with E-state index in [0.29, 0.717) is 12.3 Å². The Kier molecular flexibility index (Phi) is 3.22. The van der Waals surface area contributed by atoms with Gasteiger partial charge in [0.05, 0.1) is 0 Å². The van der Waals surface area contributed by atoms with E-state index < -0.39 is 12.0 Å². The number of rotatable bonds is 2. The predicted octanol–water partition coefficient (Wildman–Crippen LogP) is 1.40. The highest BCUT2D eigenvalue weighted by Gasteiger charge is 2.48. The van der Waals surface area contributed by atoms with Crippen LogP contribution in [0.1, 0.15) is 42.6 Å². The van der Waals surface area contributed by atoms with Gasteiger partial charge in [-0.15, -0.1) is 5.10 Å². The van der Waals surface area contributed by atoms with E-state index in [1.54, 1.807) is 10.3 Å². The van der Waals surface area contributed by atoms with Gasteiger partial charge in [0.1, 0.15) is 6.04 Å². The SMILES string of the molecule is O=C(O)[C@@H]1C[C@H]2CCCC[C@@H]2N1C(=O)c1csnn1. The van der Waals surface area contributed by atoms with Crippen molar-refractivity contribution < 1.29 is 14.7 Å². The van der Waals surface area contributed by atoms with Crippen molar-refractivity contribution in [2.75, 3.05) is 0 Å². The molecule has 1 aliphatic heterocycles. The number of carbonyl (C=O) groups is 2. The van der Waals surface area contributed by atoms with Crippen LogP contribution in [0.5, 0.6) is 0 Å². The fourth-order valence-electron chi connectivity index (χ4n) is 3.36. The second-order valence-corrected chi connectivity index (χ2v) is 5.81. The van der Waals surface area contributed by atoms with Crippen molar-refractivity contribution in [2.24, 2.45) is 5.92 Å². The summed E-state index contributed by atoms with van der Waals surface area (Å²) in [6, 6.07) is -0.647. The van der Waals surface area contributed by atoms with Gasteiger partial charge in [0, 0.05) is 11.4 Å². The zero-order valence-electron chi connectivity index (χ0n) is 10.4. The molecule has 2 aliphatic rings. The Morgan fingerprint density at radius 2 is 2.16 bits per heavy atom. The molecule has 2 fully saturated rings. The molecule has 1 saturated carbocycles. The Labute approximate surface area is 114 Å². The molecule has 1 aromatic heterocycles. The number of hydrogen-bond donors (Lipinski definition) is 1. The summed E-state index contributed by atoms with van der Waals surface area (Å²) in [5, 5.41) is 14.7. The fraction of sp³-hybridized carbons (Fsp3) is 0.667. The molecule has 1 amide bonds. The smallest absolute Gasteiger partial charge is 0.326 e. The van der Waals surface area contributed by atoms with Crippen LogP contribution in [0.3, 0.4) is 0 Å². The molecule has 1 aromatic rings. The second kappa shape index (κ2) is 4.88. The lowest BCUT2D eigenvalue weighted by molar-refractivity contribution is -0.141. The van der Waals surface area contributed by atoms with Crippen molar-refractivity contribution in [2.45, 2.75) is 44.2 Å². The van der Waals surface area contributed by atoms with Crippen molar-refractivity contribution in [3.8, 4) is 0 Å². The fourth-order valence-corrected chi connectivity index (χ4v) is 3.79. The van der Waals surface area contributed by atoms with Crippen molar-refractivity contribution in [1.29, 1.82) is 0 Å². The lowest BCUT2D eigenvalue weighted by atomic mass is 9.84. The van der Waals surface area contributed by atoms with Crippen molar-refractivity contribution in [3.63, 3.8) is 0 Å². The van der Waals surface area contributed by atoms with E-state index in [2.05, 4.69) is 9.59 Å². The topological polar surface area (TPSA) is 83.4 Å². The van der Waals surface area contributed by atoms with E-state index in [1.165, 1.54) is 0 Å². The maximum absolute atomic E-state index is 12.4. The molecule has 0 bridgehead atoms. The molecular weight excluding hydrogens is 266 g/mol. The molecular formula is C12H15N3O3S. The van der Waals surface area contributed by atoms with Crippen LogP contribution < -0.4 is 0 Å². The minimum absolute atomic E-state index is 0.0593. The molecule has 1 N–H and O–H groups in total. The molecule has 0 aromatic carbocycles. The molecule has 1 saturated heterocycles. The second-order valence-electron chi connectivity index (χ2n) is 5.20. The van der Waals surface area contributed by atoms with Gasteiger partial charge in [-0.2, -0.15) is 0 Å². The van der Waals surface area contributed by atoms with Gasteiger partial charge in [-0.1, -0.05) is 17.3 Å². The lowest BCUT2D eigenvalue weighted by Gasteiger charge is -2.32. The summed E-state index contributed by atoms with van der Waals surface area (Å²) >= 11 is 1.11. The van der Waals surface area contributed by atoms with Gasteiger partial charge >= 0.3 is 5.97 Å². The van der Waals surface area contributed by atoms with E-state index in [-0.39, 0.29) is 17.6 Å². The van der Waals surface area contributed by atoms with Gasteiger partial charge in [-0.3, -0.25) is 4.79 Å². The molecule has 0 spiro atoms. The van der Waals surface area contributed by atoms with Crippen LogP contribution in [0, 0.1) is 5.92 Å². The number of likely N-dealkylation sites (tertiary alicyclic amines) is 1. The normalized spacial score (nSPS) is 30.1. The summed E-state index contributed by atoms with van der Waals surface area (Å²) in [5.41, 5.74) is 0.266.